The van der Waals surface area contributed by atoms with Gasteiger partial charge in [-0.2, -0.15) is 0 Å². The van der Waals surface area contributed by atoms with E-state index in [0.717, 1.165) is 31.4 Å². The fourth-order valence-corrected chi connectivity index (χ4v) is 14.8. The van der Waals surface area contributed by atoms with Gasteiger partial charge in [0.1, 0.15) is 0 Å². The Morgan fingerprint density at radius 1 is 0.913 bits per heavy atom. The molecule has 136 valence electrons. The summed E-state index contributed by atoms with van der Waals surface area (Å²) >= 11 is 0. The standard InChI is InChI=1S/C17H36O4Si2/c1-6-18-22(4,14-23(5,19-7-2)20-8-3)12-11-15-9-10-16-17(13-15)21-16/h15-17H,6-14H2,1-5H3. The van der Waals surface area contributed by atoms with Gasteiger partial charge in [-0.15, -0.1) is 0 Å². The third-order valence-corrected chi connectivity index (χ3v) is 15.0. The van der Waals surface area contributed by atoms with Gasteiger partial charge in [0.05, 0.1) is 12.2 Å². The van der Waals surface area contributed by atoms with Gasteiger partial charge in [-0.1, -0.05) is 6.42 Å². The van der Waals surface area contributed by atoms with Gasteiger partial charge in [0, 0.05) is 25.5 Å². The molecular weight excluding hydrogens is 324 g/mol. The van der Waals surface area contributed by atoms with Crippen LogP contribution in [-0.2, 0) is 18.0 Å². The molecule has 0 spiro atoms. The first-order valence-corrected chi connectivity index (χ1v) is 14.9. The van der Waals surface area contributed by atoms with Gasteiger partial charge in [0.2, 0.25) is 0 Å². The van der Waals surface area contributed by atoms with E-state index in [1.54, 1.807) is 0 Å². The molecule has 1 aliphatic heterocycles. The summed E-state index contributed by atoms with van der Waals surface area (Å²) in [6.07, 6.45) is 6.36. The van der Waals surface area contributed by atoms with Crippen LogP contribution in [-0.4, -0.2) is 48.9 Å². The normalized spacial score (nSPS) is 29.9. The van der Waals surface area contributed by atoms with Crippen LogP contribution >= 0.6 is 0 Å². The van der Waals surface area contributed by atoms with Crippen molar-refractivity contribution in [2.24, 2.45) is 5.92 Å². The Morgan fingerprint density at radius 3 is 2.13 bits per heavy atom. The topological polar surface area (TPSA) is 40.2 Å². The lowest BCUT2D eigenvalue weighted by atomic mass is 9.88. The Bertz CT molecular complexity index is 363. The number of fused-ring (bicyclic) bond motifs is 1. The third kappa shape index (κ3) is 5.94. The molecule has 0 aromatic carbocycles. The molecule has 0 bridgehead atoms. The van der Waals surface area contributed by atoms with Gasteiger partial charge in [-0.3, -0.25) is 0 Å². The molecule has 6 heteroatoms. The highest BCUT2D eigenvalue weighted by Crippen LogP contribution is 2.42. The zero-order valence-corrected chi connectivity index (χ0v) is 17.7. The summed E-state index contributed by atoms with van der Waals surface area (Å²) in [5.41, 5.74) is 1.05. The van der Waals surface area contributed by atoms with Crippen molar-refractivity contribution in [1.29, 1.82) is 0 Å². The van der Waals surface area contributed by atoms with E-state index in [1.807, 2.05) is 0 Å². The molecule has 4 nitrogen and oxygen atoms in total. The predicted molar refractivity (Wildman–Crippen MR) is 98.3 cm³/mol. The summed E-state index contributed by atoms with van der Waals surface area (Å²) < 4.78 is 24.2. The summed E-state index contributed by atoms with van der Waals surface area (Å²) in [6, 6.07) is 1.23. The SMILES string of the molecule is CCO[Si](C)(CCC1CCC2OC2C1)C[Si](C)(OCC)OCC. The van der Waals surface area contributed by atoms with Crippen LogP contribution in [0.4, 0.5) is 0 Å². The molecule has 1 aliphatic carbocycles. The van der Waals surface area contributed by atoms with Crippen molar-refractivity contribution in [1.82, 2.24) is 0 Å². The highest BCUT2D eigenvalue weighted by atomic mass is 28.4. The summed E-state index contributed by atoms with van der Waals surface area (Å²) in [6.45, 7) is 13.1. The van der Waals surface area contributed by atoms with Gasteiger partial charge in [-0.05, 0) is 65.1 Å². The molecule has 0 aromatic rings. The lowest BCUT2D eigenvalue weighted by Gasteiger charge is -2.36. The minimum Gasteiger partial charge on any atom is -0.417 e. The first-order chi connectivity index (χ1) is 10.9. The maximum absolute atomic E-state index is 6.33. The number of hydrogen-bond donors (Lipinski definition) is 0. The average molecular weight is 361 g/mol. The fraction of sp³-hybridized carbons (Fsp3) is 1.00. The Hall–Kier alpha value is 0.274. The molecule has 0 amide bonds. The van der Waals surface area contributed by atoms with E-state index in [0.29, 0.717) is 12.2 Å². The van der Waals surface area contributed by atoms with Gasteiger partial charge >= 0.3 is 8.56 Å². The Balaban J connectivity index is 1.90. The van der Waals surface area contributed by atoms with Crippen molar-refractivity contribution in [2.75, 3.05) is 19.8 Å². The zero-order valence-electron chi connectivity index (χ0n) is 15.7. The van der Waals surface area contributed by atoms with Crippen LogP contribution in [0.5, 0.6) is 0 Å². The Labute approximate surface area is 144 Å². The average Bonchev–Trinajstić information content (AvgIpc) is 3.24. The smallest absolute Gasteiger partial charge is 0.334 e. The van der Waals surface area contributed by atoms with Crippen molar-refractivity contribution < 1.29 is 18.0 Å². The van der Waals surface area contributed by atoms with Crippen molar-refractivity contribution in [3.05, 3.63) is 0 Å². The van der Waals surface area contributed by atoms with E-state index >= 15 is 0 Å². The number of rotatable bonds is 11. The van der Waals surface area contributed by atoms with Crippen LogP contribution in [0.15, 0.2) is 0 Å². The van der Waals surface area contributed by atoms with Crippen LogP contribution in [0.2, 0.25) is 24.8 Å². The molecule has 2 aliphatic rings. The second-order valence-corrected chi connectivity index (χ2v) is 15.4. The van der Waals surface area contributed by atoms with E-state index in [-0.39, 0.29) is 0 Å². The van der Waals surface area contributed by atoms with E-state index in [4.69, 9.17) is 18.0 Å². The minimum atomic E-state index is -2.10. The van der Waals surface area contributed by atoms with Gasteiger partial charge in [0.15, 0.2) is 8.32 Å². The van der Waals surface area contributed by atoms with Crippen LogP contribution in [0, 0.1) is 5.92 Å². The van der Waals surface area contributed by atoms with Crippen molar-refractivity contribution >= 4 is 16.9 Å². The van der Waals surface area contributed by atoms with Gasteiger partial charge in [-0.25, -0.2) is 0 Å². The second-order valence-electron chi connectivity index (χ2n) is 7.49. The van der Waals surface area contributed by atoms with Crippen molar-refractivity contribution in [2.45, 2.75) is 83.5 Å². The molecule has 23 heavy (non-hydrogen) atoms. The van der Waals surface area contributed by atoms with Gasteiger partial charge in [0.25, 0.3) is 0 Å². The molecular formula is C17H36O4Si2. The molecule has 4 unspecified atom stereocenters. The molecule has 2 rings (SSSR count). The minimum absolute atomic E-state index is 0.584. The largest absolute Gasteiger partial charge is 0.417 e. The molecule has 1 heterocycles. The highest BCUT2D eigenvalue weighted by Gasteiger charge is 2.46. The lowest BCUT2D eigenvalue weighted by molar-refractivity contribution is 0.190. The van der Waals surface area contributed by atoms with E-state index in [2.05, 4.69) is 33.9 Å². The molecule has 0 N–H and O–H groups in total. The van der Waals surface area contributed by atoms with Gasteiger partial charge < -0.3 is 18.0 Å². The Kier molecular flexibility index (Phi) is 7.31. The lowest BCUT2D eigenvalue weighted by Crippen LogP contribution is -2.50. The Morgan fingerprint density at radius 2 is 1.57 bits per heavy atom. The van der Waals surface area contributed by atoms with Crippen molar-refractivity contribution in [3.8, 4) is 0 Å². The van der Waals surface area contributed by atoms with E-state index < -0.39 is 16.9 Å². The molecule has 1 saturated heterocycles. The second kappa shape index (κ2) is 8.58. The summed E-state index contributed by atoms with van der Waals surface area (Å²) in [4.78, 5) is 0. The third-order valence-electron chi connectivity index (χ3n) is 5.28. The summed E-state index contributed by atoms with van der Waals surface area (Å²) in [5.74, 6) is 0.832. The predicted octanol–water partition coefficient (Wildman–Crippen LogP) is 4.24. The van der Waals surface area contributed by atoms with E-state index in [1.165, 1.54) is 31.7 Å². The molecule has 1 saturated carbocycles. The maximum atomic E-state index is 6.33. The van der Waals surface area contributed by atoms with Crippen molar-refractivity contribution in [3.63, 3.8) is 0 Å². The quantitative estimate of drug-likeness (QED) is 0.408. The number of hydrogen-bond acceptors (Lipinski definition) is 4. The van der Waals surface area contributed by atoms with Crippen LogP contribution in [0.3, 0.4) is 0 Å². The van der Waals surface area contributed by atoms with Crippen LogP contribution in [0.1, 0.15) is 46.5 Å². The molecule has 0 radical (unpaired) electrons. The fourth-order valence-electron chi connectivity index (χ4n) is 4.25. The summed E-state index contributed by atoms with van der Waals surface area (Å²) in [5, 5.41) is 0. The monoisotopic (exact) mass is 360 g/mol. The number of ether oxygens (including phenoxy) is 1. The van der Waals surface area contributed by atoms with Crippen LogP contribution < -0.4 is 0 Å². The first kappa shape index (κ1) is 19.6. The molecule has 4 atom stereocenters. The van der Waals surface area contributed by atoms with Crippen LogP contribution in [0.25, 0.3) is 0 Å². The first-order valence-electron chi connectivity index (χ1n) is 9.51. The number of epoxide rings is 1. The zero-order chi connectivity index (χ0) is 16.9. The molecule has 0 aromatic heterocycles. The summed E-state index contributed by atoms with van der Waals surface area (Å²) in [7, 11) is -3.88. The molecule has 2 fully saturated rings. The maximum Gasteiger partial charge on any atom is 0.334 e. The van der Waals surface area contributed by atoms with E-state index in [9.17, 15) is 0 Å². The highest BCUT2D eigenvalue weighted by molar-refractivity contribution is 6.88.